The van der Waals surface area contributed by atoms with Crippen LogP contribution in [-0.2, 0) is 0 Å². The summed E-state index contributed by atoms with van der Waals surface area (Å²) >= 11 is 1.73. The molecular weight excluding hydrogens is 555 g/mol. The molecule has 0 aliphatic carbocycles. The summed E-state index contributed by atoms with van der Waals surface area (Å²) in [5.41, 5.74) is 8.92. The number of para-hydroxylation sites is 2. The Morgan fingerprint density at radius 2 is 1.14 bits per heavy atom. The van der Waals surface area contributed by atoms with E-state index in [4.69, 9.17) is 9.97 Å². The molecule has 0 amide bonds. The van der Waals surface area contributed by atoms with Gasteiger partial charge in [-0.1, -0.05) is 103 Å². The smallest absolute Gasteiger partial charge is 0.161 e. The zero-order chi connectivity index (χ0) is 29.0. The van der Waals surface area contributed by atoms with Gasteiger partial charge in [-0.3, -0.25) is 0 Å². The molecule has 0 spiro atoms. The van der Waals surface area contributed by atoms with Crippen LogP contribution < -0.4 is 0 Å². The maximum Gasteiger partial charge on any atom is 0.161 e. The highest BCUT2D eigenvalue weighted by molar-refractivity contribution is 7.25. The van der Waals surface area contributed by atoms with E-state index in [2.05, 4.69) is 156 Å². The molecule has 0 atom stereocenters. The minimum absolute atomic E-state index is 0.739. The van der Waals surface area contributed by atoms with Crippen molar-refractivity contribution < 1.29 is 0 Å². The zero-order valence-electron chi connectivity index (χ0n) is 23.7. The van der Waals surface area contributed by atoms with Crippen molar-refractivity contribution in [2.75, 3.05) is 0 Å². The van der Waals surface area contributed by atoms with Crippen molar-refractivity contribution in [3.8, 4) is 39.5 Å². The Morgan fingerprint density at radius 3 is 2.00 bits per heavy atom. The fraction of sp³-hybridized carbons (Fsp3) is 0. The number of thiophene rings is 1. The van der Waals surface area contributed by atoms with Crippen LogP contribution in [0.1, 0.15) is 0 Å². The SMILES string of the molecule is c1ccc(-c2cccc(-c3nc(-c4ccc5c(c4)c4ccccc4n5-c4ccccc4)nc4sc5ccccc5c34)c2)cc1. The molecule has 9 rings (SSSR count). The fourth-order valence-electron chi connectivity index (χ4n) is 6.41. The van der Waals surface area contributed by atoms with Crippen molar-refractivity contribution in [2.45, 2.75) is 0 Å². The van der Waals surface area contributed by atoms with Gasteiger partial charge in [0, 0.05) is 43.1 Å². The topological polar surface area (TPSA) is 30.7 Å². The van der Waals surface area contributed by atoms with Crippen LogP contribution >= 0.6 is 11.3 Å². The van der Waals surface area contributed by atoms with Crippen LogP contribution in [0, 0.1) is 0 Å². The van der Waals surface area contributed by atoms with Gasteiger partial charge in [0.2, 0.25) is 0 Å². The first-order valence-corrected chi connectivity index (χ1v) is 15.6. The van der Waals surface area contributed by atoms with Gasteiger partial charge in [0.15, 0.2) is 5.82 Å². The molecule has 3 nitrogen and oxygen atoms in total. The van der Waals surface area contributed by atoms with Crippen LogP contribution in [0.25, 0.3) is 81.6 Å². The molecule has 0 bridgehead atoms. The number of hydrogen-bond acceptors (Lipinski definition) is 3. The van der Waals surface area contributed by atoms with Crippen LogP contribution in [0.3, 0.4) is 0 Å². The normalized spacial score (nSPS) is 11.6. The van der Waals surface area contributed by atoms with Crippen LogP contribution in [-0.4, -0.2) is 14.5 Å². The monoisotopic (exact) mass is 579 g/mol. The third-order valence-corrected chi connectivity index (χ3v) is 9.49. The highest BCUT2D eigenvalue weighted by atomic mass is 32.1. The first-order valence-electron chi connectivity index (χ1n) is 14.8. The predicted molar refractivity (Wildman–Crippen MR) is 186 cm³/mol. The van der Waals surface area contributed by atoms with Crippen LogP contribution in [0.15, 0.2) is 152 Å². The summed E-state index contributed by atoms with van der Waals surface area (Å²) in [5.74, 6) is 0.739. The van der Waals surface area contributed by atoms with E-state index in [-0.39, 0.29) is 0 Å². The van der Waals surface area contributed by atoms with E-state index >= 15 is 0 Å². The van der Waals surface area contributed by atoms with E-state index in [1.54, 1.807) is 11.3 Å². The van der Waals surface area contributed by atoms with Crippen molar-refractivity contribution in [3.63, 3.8) is 0 Å². The lowest BCUT2D eigenvalue weighted by atomic mass is 9.99. The van der Waals surface area contributed by atoms with E-state index in [9.17, 15) is 0 Å². The Labute approximate surface area is 258 Å². The Bertz CT molecular complexity index is 2490. The lowest BCUT2D eigenvalue weighted by molar-refractivity contribution is 1.18. The van der Waals surface area contributed by atoms with Gasteiger partial charge in [0.25, 0.3) is 0 Å². The second kappa shape index (κ2) is 10.0. The summed E-state index contributed by atoms with van der Waals surface area (Å²) in [5, 5.41) is 4.71. The van der Waals surface area contributed by atoms with Crippen molar-refractivity contribution >= 4 is 53.4 Å². The molecule has 4 heteroatoms. The lowest BCUT2D eigenvalue weighted by Crippen LogP contribution is -1.95. The van der Waals surface area contributed by atoms with Gasteiger partial charge >= 0.3 is 0 Å². The molecule has 0 saturated heterocycles. The summed E-state index contributed by atoms with van der Waals surface area (Å²) < 4.78 is 3.56. The number of nitrogens with zero attached hydrogens (tertiary/aromatic N) is 3. The van der Waals surface area contributed by atoms with E-state index in [1.165, 1.54) is 43.0 Å². The van der Waals surface area contributed by atoms with Gasteiger partial charge in [-0.15, -0.1) is 11.3 Å². The highest BCUT2D eigenvalue weighted by Crippen LogP contribution is 2.41. The average molecular weight is 580 g/mol. The minimum Gasteiger partial charge on any atom is -0.309 e. The van der Waals surface area contributed by atoms with E-state index < -0.39 is 0 Å². The third kappa shape index (κ3) is 3.96. The lowest BCUT2D eigenvalue weighted by Gasteiger charge is -2.10. The van der Waals surface area contributed by atoms with E-state index in [0.29, 0.717) is 0 Å². The molecule has 0 fully saturated rings. The largest absolute Gasteiger partial charge is 0.309 e. The molecule has 3 aromatic heterocycles. The summed E-state index contributed by atoms with van der Waals surface area (Å²) in [6.07, 6.45) is 0. The van der Waals surface area contributed by atoms with Crippen molar-refractivity contribution in [2.24, 2.45) is 0 Å². The number of hydrogen-bond donors (Lipinski definition) is 0. The van der Waals surface area contributed by atoms with Crippen molar-refractivity contribution in [1.82, 2.24) is 14.5 Å². The molecule has 3 heterocycles. The van der Waals surface area contributed by atoms with Crippen LogP contribution in [0.5, 0.6) is 0 Å². The minimum atomic E-state index is 0.739. The van der Waals surface area contributed by atoms with Gasteiger partial charge in [-0.2, -0.15) is 0 Å². The molecule has 0 aliphatic heterocycles. The molecule has 6 aromatic carbocycles. The van der Waals surface area contributed by atoms with Crippen LogP contribution in [0.4, 0.5) is 0 Å². The van der Waals surface area contributed by atoms with Crippen LogP contribution in [0.2, 0.25) is 0 Å². The maximum absolute atomic E-state index is 5.34. The van der Waals surface area contributed by atoms with Crippen molar-refractivity contribution in [3.05, 3.63) is 152 Å². The summed E-state index contributed by atoms with van der Waals surface area (Å²) in [7, 11) is 0. The summed E-state index contributed by atoms with van der Waals surface area (Å²) in [4.78, 5) is 11.5. The summed E-state index contributed by atoms with van der Waals surface area (Å²) in [6, 6.07) is 53.6. The first kappa shape index (κ1) is 25.0. The number of aromatic nitrogens is 3. The predicted octanol–water partition coefficient (Wildman–Crippen LogP) is 10.9. The number of fused-ring (bicyclic) bond motifs is 6. The average Bonchev–Trinajstić information content (AvgIpc) is 3.64. The Balaban J connectivity index is 1.29. The highest BCUT2D eigenvalue weighted by Gasteiger charge is 2.19. The molecule has 0 aliphatic rings. The second-order valence-corrected chi connectivity index (χ2v) is 12.1. The molecule has 44 heavy (non-hydrogen) atoms. The molecule has 206 valence electrons. The molecule has 0 radical (unpaired) electrons. The molecule has 0 N–H and O–H groups in total. The quantitative estimate of drug-likeness (QED) is 0.208. The standard InChI is InChI=1S/C40H25N3S/c1-3-12-26(13-4-1)27-14-11-15-28(24-27)38-37-32-19-8-10-21-36(32)44-40(37)42-39(41-38)29-22-23-35-33(25-29)31-18-7-9-20-34(31)43(35)30-16-5-2-6-17-30/h1-25H. The van der Waals surface area contributed by atoms with Crippen molar-refractivity contribution in [1.29, 1.82) is 0 Å². The fourth-order valence-corrected chi connectivity index (χ4v) is 7.48. The Kier molecular flexibility index (Phi) is 5.68. The second-order valence-electron chi connectivity index (χ2n) is 11.0. The first-order chi connectivity index (χ1) is 21.8. The van der Waals surface area contributed by atoms with Gasteiger partial charge in [-0.25, -0.2) is 9.97 Å². The molecule has 0 unspecified atom stereocenters. The third-order valence-electron chi connectivity index (χ3n) is 8.43. The zero-order valence-corrected chi connectivity index (χ0v) is 24.5. The summed E-state index contributed by atoms with van der Waals surface area (Å²) in [6.45, 7) is 0. The Morgan fingerprint density at radius 1 is 0.455 bits per heavy atom. The van der Waals surface area contributed by atoms with E-state index in [0.717, 1.165) is 38.5 Å². The van der Waals surface area contributed by atoms with Gasteiger partial charge in [-0.05, 0) is 59.7 Å². The maximum atomic E-state index is 5.34. The van der Waals surface area contributed by atoms with E-state index in [1.807, 2.05) is 0 Å². The van der Waals surface area contributed by atoms with Gasteiger partial charge < -0.3 is 4.57 Å². The van der Waals surface area contributed by atoms with Gasteiger partial charge in [0.05, 0.1) is 16.7 Å². The number of rotatable bonds is 4. The molecule has 9 aromatic rings. The molecular formula is C40H25N3S. The Hall–Kier alpha value is -5.58. The number of benzene rings is 6. The van der Waals surface area contributed by atoms with Gasteiger partial charge in [0.1, 0.15) is 4.83 Å². The molecule has 0 saturated carbocycles.